The van der Waals surface area contributed by atoms with Crippen LogP contribution in [0.3, 0.4) is 0 Å². The van der Waals surface area contributed by atoms with E-state index in [0.29, 0.717) is 31.2 Å². The molecule has 0 saturated carbocycles. The van der Waals surface area contributed by atoms with E-state index in [1.54, 1.807) is 19.0 Å². The van der Waals surface area contributed by atoms with Crippen LogP contribution in [0.25, 0.3) is 0 Å². The molecule has 1 aliphatic heterocycles. The minimum Gasteiger partial charge on any atom is -0.367 e. The molecule has 0 radical (unpaired) electrons. The molecule has 0 spiro atoms. The zero-order valence-electron chi connectivity index (χ0n) is 13.1. The maximum atomic E-state index is 12.3. The normalized spacial score (nSPS) is 14.7. The second-order valence-electron chi connectivity index (χ2n) is 5.44. The van der Waals surface area contributed by atoms with Crippen LogP contribution >= 0.6 is 11.6 Å². The van der Waals surface area contributed by atoms with Gasteiger partial charge >= 0.3 is 12.1 Å². The van der Waals surface area contributed by atoms with Gasteiger partial charge in [0.05, 0.1) is 10.7 Å². The first kappa shape index (κ1) is 16.4. The maximum absolute atomic E-state index is 12.3. The Hall–Kier alpha value is -1.95. The van der Waals surface area contributed by atoms with Crippen molar-refractivity contribution in [3.63, 3.8) is 0 Å². The Morgan fingerprint density at radius 1 is 1.05 bits per heavy atom. The first-order chi connectivity index (χ1) is 10.4. The third kappa shape index (κ3) is 3.44. The summed E-state index contributed by atoms with van der Waals surface area (Å²) in [6.45, 7) is 2.52. The Balaban J connectivity index is 1.96. The number of para-hydroxylation sites is 1. The summed E-state index contributed by atoms with van der Waals surface area (Å²) in [5.41, 5.74) is 0.981. The lowest BCUT2D eigenvalue weighted by Crippen LogP contribution is -2.54. The number of carbonyl (C=O) groups excluding carboxylic acids is 2. The van der Waals surface area contributed by atoms with Gasteiger partial charge in [-0.1, -0.05) is 23.7 Å². The van der Waals surface area contributed by atoms with Gasteiger partial charge in [-0.3, -0.25) is 0 Å². The van der Waals surface area contributed by atoms with E-state index in [9.17, 15) is 9.59 Å². The van der Waals surface area contributed by atoms with Crippen LogP contribution in [0.15, 0.2) is 24.3 Å². The first-order valence-electron chi connectivity index (χ1n) is 7.15. The summed E-state index contributed by atoms with van der Waals surface area (Å²) in [7, 11) is 4.76. The molecule has 0 N–H and O–H groups in total. The Kier molecular flexibility index (Phi) is 5.13. The van der Waals surface area contributed by atoms with Crippen LogP contribution in [0, 0.1) is 0 Å². The van der Waals surface area contributed by atoms with E-state index in [-0.39, 0.29) is 12.1 Å². The molecule has 1 heterocycles. The highest BCUT2D eigenvalue weighted by atomic mass is 35.5. The van der Waals surface area contributed by atoms with Gasteiger partial charge in [0.25, 0.3) is 0 Å². The van der Waals surface area contributed by atoms with Crippen LogP contribution in [0.4, 0.5) is 15.3 Å². The molecule has 1 fully saturated rings. The topological polar surface area (TPSA) is 47.1 Å². The number of anilines is 1. The summed E-state index contributed by atoms with van der Waals surface area (Å²) in [6.07, 6.45) is 0. The molecule has 0 unspecified atom stereocenters. The van der Waals surface area contributed by atoms with E-state index in [2.05, 4.69) is 4.90 Å². The second-order valence-corrected chi connectivity index (χ2v) is 5.85. The highest BCUT2D eigenvalue weighted by Crippen LogP contribution is 2.26. The molecule has 1 saturated heterocycles. The largest absolute Gasteiger partial charge is 0.367 e. The van der Waals surface area contributed by atoms with Crippen molar-refractivity contribution >= 4 is 29.4 Å². The van der Waals surface area contributed by atoms with Gasteiger partial charge in [-0.2, -0.15) is 0 Å². The van der Waals surface area contributed by atoms with E-state index >= 15 is 0 Å². The molecule has 4 amide bonds. The average molecular weight is 325 g/mol. The van der Waals surface area contributed by atoms with E-state index in [1.165, 1.54) is 11.9 Å². The number of halogens is 1. The van der Waals surface area contributed by atoms with Gasteiger partial charge in [0.1, 0.15) is 0 Å². The quantitative estimate of drug-likeness (QED) is 0.795. The van der Waals surface area contributed by atoms with E-state index < -0.39 is 0 Å². The van der Waals surface area contributed by atoms with Gasteiger partial charge in [0.15, 0.2) is 0 Å². The Morgan fingerprint density at radius 3 is 2.18 bits per heavy atom. The maximum Gasteiger partial charge on any atom is 0.328 e. The monoisotopic (exact) mass is 324 g/mol. The standard InChI is InChI=1S/C15H21ClN4O2/c1-17(2)14(21)18(3)15(22)20-10-8-19(9-11-20)13-7-5-4-6-12(13)16/h4-7H,8-11H2,1-3H3. The molecule has 0 bridgehead atoms. The number of urea groups is 2. The molecule has 1 aliphatic rings. The van der Waals surface area contributed by atoms with Crippen LogP contribution in [0.5, 0.6) is 0 Å². The van der Waals surface area contributed by atoms with Crippen molar-refractivity contribution < 1.29 is 9.59 Å². The zero-order chi connectivity index (χ0) is 16.3. The van der Waals surface area contributed by atoms with Gasteiger partial charge in [-0.15, -0.1) is 0 Å². The fourth-order valence-corrected chi connectivity index (χ4v) is 2.70. The zero-order valence-corrected chi connectivity index (χ0v) is 13.9. The molecule has 0 aromatic heterocycles. The molecule has 22 heavy (non-hydrogen) atoms. The molecule has 120 valence electrons. The van der Waals surface area contributed by atoms with Crippen molar-refractivity contribution in [2.24, 2.45) is 0 Å². The Labute approximate surface area is 135 Å². The molecule has 1 aromatic carbocycles. The molecule has 0 atom stereocenters. The number of hydrogen-bond donors (Lipinski definition) is 0. The van der Waals surface area contributed by atoms with Gasteiger partial charge in [0, 0.05) is 47.3 Å². The van der Waals surface area contributed by atoms with Crippen molar-refractivity contribution in [3.8, 4) is 0 Å². The minimum atomic E-state index is -0.321. The average Bonchev–Trinajstić information content (AvgIpc) is 2.53. The molecular formula is C15H21ClN4O2. The van der Waals surface area contributed by atoms with Crippen LogP contribution in [-0.4, -0.2) is 74.1 Å². The SMILES string of the molecule is CN(C)C(=O)N(C)C(=O)N1CCN(c2ccccc2Cl)CC1. The third-order valence-corrected chi connectivity index (χ3v) is 4.02. The summed E-state index contributed by atoms with van der Waals surface area (Å²) < 4.78 is 0. The van der Waals surface area contributed by atoms with Crippen LogP contribution in [0.2, 0.25) is 5.02 Å². The summed E-state index contributed by atoms with van der Waals surface area (Å²) in [5, 5.41) is 0.710. The predicted molar refractivity (Wildman–Crippen MR) is 87.5 cm³/mol. The summed E-state index contributed by atoms with van der Waals surface area (Å²) in [6, 6.07) is 7.09. The summed E-state index contributed by atoms with van der Waals surface area (Å²) in [5.74, 6) is 0. The number of rotatable bonds is 1. The number of carbonyl (C=O) groups is 2. The number of nitrogens with zero attached hydrogens (tertiary/aromatic N) is 4. The molecule has 0 aliphatic carbocycles. The molecule has 2 rings (SSSR count). The highest BCUT2D eigenvalue weighted by Gasteiger charge is 2.27. The minimum absolute atomic E-state index is 0.266. The van der Waals surface area contributed by atoms with E-state index in [1.807, 2.05) is 24.3 Å². The summed E-state index contributed by atoms with van der Waals surface area (Å²) >= 11 is 6.20. The van der Waals surface area contributed by atoms with Crippen molar-refractivity contribution in [1.82, 2.24) is 14.7 Å². The number of imide groups is 1. The fourth-order valence-electron chi connectivity index (χ4n) is 2.44. The molecule has 6 nitrogen and oxygen atoms in total. The van der Waals surface area contributed by atoms with E-state index in [0.717, 1.165) is 10.6 Å². The molecular weight excluding hydrogens is 304 g/mol. The number of hydrogen-bond acceptors (Lipinski definition) is 3. The third-order valence-electron chi connectivity index (χ3n) is 3.70. The van der Waals surface area contributed by atoms with Crippen LogP contribution in [0.1, 0.15) is 0 Å². The lowest BCUT2D eigenvalue weighted by Gasteiger charge is -2.37. The number of piperazine rings is 1. The van der Waals surface area contributed by atoms with E-state index in [4.69, 9.17) is 11.6 Å². The second kappa shape index (κ2) is 6.87. The van der Waals surface area contributed by atoms with Crippen molar-refractivity contribution in [2.75, 3.05) is 52.2 Å². The Bertz CT molecular complexity index is 556. The van der Waals surface area contributed by atoms with Crippen molar-refractivity contribution in [3.05, 3.63) is 29.3 Å². The number of amides is 4. The molecule has 7 heteroatoms. The first-order valence-corrected chi connectivity index (χ1v) is 7.53. The lowest BCUT2D eigenvalue weighted by atomic mass is 10.2. The number of benzene rings is 1. The lowest BCUT2D eigenvalue weighted by molar-refractivity contribution is 0.149. The van der Waals surface area contributed by atoms with Gasteiger partial charge in [0.2, 0.25) is 0 Å². The summed E-state index contributed by atoms with van der Waals surface area (Å²) in [4.78, 5) is 30.5. The smallest absolute Gasteiger partial charge is 0.328 e. The fraction of sp³-hybridized carbons (Fsp3) is 0.467. The van der Waals surface area contributed by atoms with Gasteiger partial charge < -0.3 is 14.7 Å². The molecule has 1 aromatic rings. The van der Waals surface area contributed by atoms with Gasteiger partial charge in [-0.05, 0) is 12.1 Å². The van der Waals surface area contributed by atoms with Crippen molar-refractivity contribution in [1.29, 1.82) is 0 Å². The van der Waals surface area contributed by atoms with Gasteiger partial charge in [-0.25, -0.2) is 14.5 Å². The van der Waals surface area contributed by atoms with Crippen LogP contribution in [-0.2, 0) is 0 Å². The Morgan fingerprint density at radius 2 is 1.64 bits per heavy atom. The highest BCUT2D eigenvalue weighted by molar-refractivity contribution is 6.33. The van der Waals surface area contributed by atoms with Crippen molar-refractivity contribution in [2.45, 2.75) is 0 Å². The van der Waals surface area contributed by atoms with Crippen LogP contribution < -0.4 is 4.90 Å². The predicted octanol–water partition coefficient (Wildman–Crippen LogP) is 2.20.